The maximum absolute atomic E-state index is 6.34. The number of hydrogen-bond acceptors (Lipinski definition) is 4. The molecule has 8 aromatic carbocycles. The summed E-state index contributed by atoms with van der Waals surface area (Å²) in [5, 5.41) is 9.72. The van der Waals surface area contributed by atoms with Crippen LogP contribution in [-0.4, -0.2) is 15.0 Å². The third kappa shape index (κ3) is 5.26. The minimum atomic E-state index is 0.690. The predicted molar refractivity (Wildman–Crippen MR) is 227 cm³/mol. The van der Waals surface area contributed by atoms with E-state index in [-0.39, 0.29) is 0 Å². The van der Waals surface area contributed by atoms with Gasteiger partial charge in [-0.15, -0.1) is 0 Å². The van der Waals surface area contributed by atoms with Crippen molar-refractivity contribution in [3.05, 3.63) is 188 Å². The molecule has 11 rings (SSSR count). The SMILES string of the molecule is c1ccc(-c2cc(-c3ccc(-c4ccc5c(c4)c4ccccc4c4ccc6oc7ccccc7c6c45)cc3)nc(-c3ccc(-c4ccncc4)cc3)n2)cc1. The molecule has 4 heteroatoms. The van der Waals surface area contributed by atoms with E-state index < -0.39 is 0 Å². The molecule has 0 amide bonds. The minimum absolute atomic E-state index is 0.690. The smallest absolute Gasteiger partial charge is 0.160 e. The molecule has 0 spiro atoms. The van der Waals surface area contributed by atoms with Crippen LogP contribution in [0, 0.1) is 0 Å². The number of pyridine rings is 1. The van der Waals surface area contributed by atoms with E-state index in [2.05, 4.69) is 145 Å². The van der Waals surface area contributed by atoms with Gasteiger partial charge in [0.25, 0.3) is 0 Å². The van der Waals surface area contributed by atoms with Gasteiger partial charge >= 0.3 is 0 Å². The van der Waals surface area contributed by atoms with Crippen LogP contribution in [0.4, 0.5) is 0 Å². The molecule has 0 bridgehead atoms. The minimum Gasteiger partial charge on any atom is -0.456 e. The van der Waals surface area contributed by atoms with Gasteiger partial charge in [0, 0.05) is 45.2 Å². The first-order valence-electron chi connectivity index (χ1n) is 18.5. The molecule has 55 heavy (non-hydrogen) atoms. The van der Waals surface area contributed by atoms with E-state index in [4.69, 9.17) is 14.4 Å². The van der Waals surface area contributed by atoms with Crippen LogP contribution in [0.2, 0.25) is 0 Å². The largest absolute Gasteiger partial charge is 0.456 e. The first-order chi connectivity index (χ1) is 27.2. The third-order valence-electron chi connectivity index (χ3n) is 10.8. The van der Waals surface area contributed by atoms with Gasteiger partial charge in [-0.05, 0) is 91.6 Å². The van der Waals surface area contributed by atoms with Crippen molar-refractivity contribution in [1.29, 1.82) is 0 Å². The zero-order chi connectivity index (χ0) is 36.3. The number of furan rings is 1. The van der Waals surface area contributed by atoms with Crippen molar-refractivity contribution in [3.8, 4) is 56.2 Å². The fourth-order valence-electron chi connectivity index (χ4n) is 8.11. The third-order valence-corrected chi connectivity index (χ3v) is 10.8. The van der Waals surface area contributed by atoms with Crippen molar-refractivity contribution in [2.75, 3.05) is 0 Å². The molecule has 0 saturated carbocycles. The fourth-order valence-corrected chi connectivity index (χ4v) is 8.11. The van der Waals surface area contributed by atoms with Crippen LogP contribution >= 0.6 is 0 Å². The number of rotatable bonds is 5. The predicted octanol–water partition coefficient (Wildman–Crippen LogP) is 13.6. The molecule has 0 aliphatic rings. The van der Waals surface area contributed by atoms with Crippen LogP contribution < -0.4 is 0 Å². The van der Waals surface area contributed by atoms with Crippen molar-refractivity contribution in [3.63, 3.8) is 0 Å². The van der Waals surface area contributed by atoms with Crippen LogP contribution in [0.15, 0.2) is 193 Å². The Labute approximate surface area is 317 Å². The Morgan fingerprint density at radius 2 is 0.836 bits per heavy atom. The molecule has 3 aromatic heterocycles. The van der Waals surface area contributed by atoms with Crippen LogP contribution in [0.25, 0.3) is 110 Å². The average Bonchev–Trinajstić information content (AvgIpc) is 3.66. The maximum Gasteiger partial charge on any atom is 0.160 e. The van der Waals surface area contributed by atoms with Crippen molar-refractivity contribution in [2.45, 2.75) is 0 Å². The Kier molecular flexibility index (Phi) is 7.14. The second-order valence-corrected chi connectivity index (χ2v) is 14.0. The number of para-hydroxylation sites is 1. The lowest BCUT2D eigenvalue weighted by atomic mass is 9.90. The molecule has 0 aliphatic carbocycles. The molecular weight excluding hydrogens is 671 g/mol. The summed E-state index contributed by atoms with van der Waals surface area (Å²) in [7, 11) is 0. The summed E-state index contributed by atoms with van der Waals surface area (Å²) in [6.45, 7) is 0. The molecule has 256 valence electrons. The molecule has 4 nitrogen and oxygen atoms in total. The van der Waals surface area contributed by atoms with E-state index in [0.717, 1.165) is 66.9 Å². The summed E-state index contributed by atoms with van der Waals surface area (Å²) in [6.07, 6.45) is 3.63. The van der Waals surface area contributed by atoms with Gasteiger partial charge in [-0.25, -0.2) is 9.97 Å². The molecule has 3 heterocycles. The molecule has 11 aromatic rings. The van der Waals surface area contributed by atoms with E-state index in [1.807, 2.05) is 48.8 Å². The van der Waals surface area contributed by atoms with Crippen LogP contribution in [0.3, 0.4) is 0 Å². The zero-order valence-electron chi connectivity index (χ0n) is 29.6. The Morgan fingerprint density at radius 1 is 0.309 bits per heavy atom. The molecule has 0 fully saturated rings. The number of fused-ring (bicyclic) bond motifs is 10. The van der Waals surface area contributed by atoms with E-state index in [9.17, 15) is 0 Å². The number of benzene rings is 8. The summed E-state index contributed by atoms with van der Waals surface area (Å²) in [5.74, 6) is 0.690. The quantitative estimate of drug-likeness (QED) is 0.168. The van der Waals surface area contributed by atoms with Gasteiger partial charge in [-0.3, -0.25) is 4.98 Å². The van der Waals surface area contributed by atoms with Crippen molar-refractivity contribution < 1.29 is 4.42 Å². The zero-order valence-corrected chi connectivity index (χ0v) is 29.6. The van der Waals surface area contributed by atoms with Crippen LogP contribution in [0.5, 0.6) is 0 Å². The molecule has 0 saturated heterocycles. The standard InChI is InChI=1S/C51H31N3O/c1-2-8-35(9-3-1)45-31-46(54-51(53-45)37-20-16-32(17-21-37)34-26-28-52-29-27-34)36-18-14-33(15-19-36)38-22-23-42-44(30-38)40-11-5-4-10-39(40)41-24-25-48-50(49(41)42)43-12-6-7-13-47(43)55-48/h1-31H. The Hall–Kier alpha value is -7.43. The number of nitrogens with zero attached hydrogens (tertiary/aromatic N) is 3. The van der Waals surface area contributed by atoms with Crippen LogP contribution in [0.1, 0.15) is 0 Å². The molecule has 0 radical (unpaired) electrons. The highest BCUT2D eigenvalue weighted by atomic mass is 16.3. The van der Waals surface area contributed by atoms with Gasteiger partial charge in [0.1, 0.15) is 11.2 Å². The first-order valence-corrected chi connectivity index (χ1v) is 18.5. The lowest BCUT2D eigenvalue weighted by Gasteiger charge is -2.13. The highest BCUT2D eigenvalue weighted by molar-refractivity contribution is 6.34. The van der Waals surface area contributed by atoms with E-state index >= 15 is 0 Å². The van der Waals surface area contributed by atoms with Crippen molar-refractivity contribution in [2.24, 2.45) is 0 Å². The Morgan fingerprint density at radius 3 is 1.58 bits per heavy atom. The van der Waals surface area contributed by atoms with Crippen molar-refractivity contribution >= 4 is 54.3 Å². The highest BCUT2D eigenvalue weighted by Gasteiger charge is 2.17. The fraction of sp³-hybridized carbons (Fsp3) is 0. The van der Waals surface area contributed by atoms with Gasteiger partial charge in [0.15, 0.2) is 5.82 Å². The Bertz CT molecular complexity index is 3220. The van der Waals surface area contributed by atoms with Gasteiger partial charge in [-0.1, -0.05) is 133 Å². The Balaban J connectivity index is 1.02. The summed E-state index contributed by atoms with van der Waals surface area (Å²) >= 11 is 0. The van der Waals surface area contributed by atoms with E-state index in [1.54, 1.807) is 0 Å². The molecule has 0 aliphatic heterocycles. The molecule has 0 unspecified atom stereocenters. The number of aromatic nitrogens is 3. The summed E-state index contributed by atoms with van der Waals surface area (Å²) in [5.41, 5.74) is 11.2. The molecule has 0 atom stereocenters. The maximum atomic E-state index is 6.34. The van der Waals surface area contributed by atoms with Gasteiger partial charge in [-0.2, -0.15) is 0 Å². The second kappa shape index (κ2) is 12.6. The normalized spacial score (nSPS) is 11.6. The van der Waals surface area contributed by atoms with E-state index in [1.165, 1.54) is 37.7 Å². The second-order valence-electron chi connectivity index (χ2n) is 14.0. The van der Waals surface area contributed by atoms with Gasteiger partial charge in [0.05, 0.1) is 11.4 Å². The monoisotopic (exact) mass is 701 g/mol. The molecular formula is C51H31N3O. The van der Waals surface area contributed by atoms with E-state index in [0.29, 0.717) is 5.82 Å². The van der Waals surface area contributed by atoms with Gasteiger partial charge in [0.2, 0.25) is 0 Å². The number of hydrogen-bond donors (Lipinski definition) is 0. The summed E-state index contributed by atoms with van der Waals surface area (Å²) in [4.78, 5) is 14.3. The van der Waals surface area contributed by atoms with Crippen molar-refractivity contribution in [1.82, 2.24) is 15.0 Å². The molecule has 0 N–H and O–H groups in total. The lowest BCUT2D eigenvalue weighted by Crippen LogP contribution is -1.96. The lowest BCUT2D eigenvalue weighted by molar-refractivity contribution is 0.669. The van der Waals surface area contributed by atoms with Gasteiger partial charge < -0.3 is 4.42 Å². The summed E-state index contributed by atoms with van der Waals surface area (Å²) < 4.78 is 6.34. The highest BCUT2D eigenvalue weighted by Crippen LogP contribution is 2.43. The topological polar surface area (TPSA) is 51.8 Å². The van der Waals surface area contributed by atoms with Crippen LogP contribution in [-0.2, 0) is 0 Å². The summed E-state index contributed by atoms with van der Waals surface area (Å²) in [6, 6.07) is 61.9. The first kappa shape index (κ1) is 31.1. The average molecular weight is 702 g/mol.